The van der Waals surface area contributed by atoms with Crippen LogP contribution in [0.25, 0.3) is 0 Å². The summed E-state index contributed by atoms with van der Waals surface area (Å²) in [5.41, 5.74) is 0. The lowest BCUT2D eigenvalue weighted by Crippen LogP contribution is -2.34. The molecule has 3 atom stereocenters. The summed E-state index contributed by atoms with van der Waals surface area (Å²) in [4.78, 5) is 4.38. The smallest absolute Gasteiger partial charge is 0.109 e. The van der Waals surface area contributed by atoms with Crippen LogP contribution in [0.4, 0.5) is 0 Å². The van der Waals surface area contributed by atoms with E-state index in [0.717, 1.165) is 12.3 Å². The SMILES string of the molecule is CCC(NC(C)C(C)CC)c1nccs1. The molecule has 0 amide bonds. The van der Waals surface area contributed by atoms with E-state index in [-0.39, 0.29) is 0 Å². The summed E-state index contributed by atoms with van der Waals surface area (Å²) >= 11 is 1.74. The van der Waals surface area contributed by atoms with Crippen molar-refractivity contribution >= 4 is 11.3 Å². The third-order valence-electron chi connectivity index (χ3n) is 3.12. The molecule has 0 aliphatic carbocycles. The molecule has 0 fully saturated rings. The Balaban J connectivity index is 2.54. The Morgan fingerprint density at radius 1 is 1.33 bits per heavy atom. The van der Waals surface area contributed by atoms with Crippen LogP contribution in [-0.4, -0.2) is 11.0 Å². The van der Waals surface area contributed by atoms with Crippen molar-refractivity contribution in [3.8, 4) is 0 Å². The lowest BCUT2D eigenvalue weighted by Gasteiger charge is -2.24. The third-order valence-corrected chi connectivity index (χ3v) is 4.01. The molecule has 15 heavy (non-hydrogen) atoms. The number of thiazole rings is 1. The molecule has 3 unspecified atom stereocenters. The van der Waals surface area contributed by atoms with Crippen molar-refractivity contribution in [3.05, 3.63) is 16.6 Å². The van der Waals surface area contributed by atoms with Crippen LogP contribution in [0.2, 0.25) is 0 Å². The van der Waals surface area contributed by atoms with E-state index in [4.69, 9.17) is 0 Å². The maximum absolute atomic E-state index is 4.38. The van der Waals surface area contributed by atoms with E-state index in [1.807, 2.05) is 11.6 Å². The number of rotatable bonds is 6. The second-order valence-electron chi connectivity index (χ2n) is 4.17. The highest BCUT2D eigenvalue weighted by molar-refractivity contribution is 7.09. The molecular weight excluding hydrogens is 204 g/mol. The maximum Gasteiger partial charge on any atom is 0.109 e. The third kappa shape index (κ3) is 3.58. The van der Waals surface area contributed by atoms with Crippen molar-refractivity contribution in [2.75, 3.05) is 0 Å². The molecule has 0 saturated heterocycles. The van der Waals surface area contributed by atoms with E-state index in [2.05, 4.69) is 38.0 Å². The Labute approximate surface area is 97.1 Å². The van der Waals surface area contributed by atoms with Gasteiger partial charge in [-0.2, -0.15) is 0 Å². The highest BCUT2D eigenvalue weighted by Gasteiger charge is 2.17. The minimum atomic E-state index is 0.425. The van der Waals surface area contributed by atoms with Gasteiger partial charge in [0, 0.05) is 17.6 Å². The first-order valence-electron chi connectivity index (χ1n) is 5.84. The molecule has 1 heterocycles. The first kappa shape index (κ1) is 12.7. The molecule has 86 valence electrons. The maximum atomic E-state index is 4.38. The highest BCUT2D eigenvalue weighted by atomic mass is 32.1. The Hall–Kier alpha value is -0.410. The summed E-state index contributed by atoms with van der Waals surface area (Å²) in [5, 5.41) is 6.93. The van der Waals surface area contributed by atoms with Gasteiger partial charge in [0.2, 0.25) is 0 Å². The average molecular weight is 226 g/mol. The van der Waals surface area contributed by atoms with Crippen molar-refractivity contribution in [1.82, 2.24) is 10.3 Å². The minimum absolute atomic E-state index is 0.425. The highest BCUT2D eigenvalue weighted by Crippen LogP contribution is 2.21. The predicted octanol–water partition coefficient (Wildman–Crippen LogP) is 3.62. The van der Waals surface area contributed by atoms with Gasteiger partial charge in [-0.25, -0.2) is 4.98 Å². The van der Waals surface area contributed by atoms with Gasteiger partial charge in [-0.15, -0.1) is 11.3 Å². The molecule has 0 aromatic carbocycles. The average Bonchev–Trinajstić information content (AvgIpc) is 2.77. The Morgan fingerprint density at radius 2 is 2.07 bits per heavy atom. The van der Waals surface area contributed by atoms with Crippen molar-refractivity contribution in [3.63, 3.8) is 0 Å². The lowest BCUT2D eigenvalue weighted by molar-refractivity contribution is 0.345. The second kappa shape index (κ2) is 6.23. The van der Waals surface area contributed by atoms with Gasteiger partial charge in [0.15, 0.2) is 0 Å². The van der Waals surface area contributed by atoms with E-state index in [0.29, 0.717) is 12.1 Å². The fraction of sp³-hybridized carbons (Fsp3) is 0.750. The van der Waals surface area contributed by atoms with Crippen LogP contribution in [0.15, 0.2) is 11.6 Å². The van der Waals surface area contributed by atoms with Crippen LogP contribution >= 0.6 is 11.3 Å². The van der Waals surface area contributed by atoms with Crippen LogP contribution in [0, 0.1) is 5.92 Å². The van der Waals surface area contributed by atoms with Crippen molar-refractivity contribution in [2.24, 2.45) is 5.92 Å². The van der Waals surface area contributed by atoms with Crippen molar-refractivity contribution < 1.29 is 0 Å². The van der Waals surface area contributed by atoms with Gasteiger partial charge in [-0.3, -0.25) is 0 Å². The predicted molar refractivity (Wildman–Crippen MR) is 67.2 cm³/mol. The Morgan fingerprint density at radius 3 is 2.53 bits per heavy atom. The number of nitrogens with zero attached hydrogens (tertiary/aromatic N) is 1. The van der Waals surface area contributed by atoms with Crippen molar-refractivity contribution in [1.29, 1.82) is 0 Å². The van der Waals surface area contributed by atoms with Gasteiger partial charge in [0.1, 0.15) is 5.01 Å². The molecule has 1 aromatic rings. The quantitative estimate of drug-likeness (QED) is 0.801. The van der Waals surface area contributed by atoms with E-state index < -0.39 is 0 Å². The fourth-order valence-electron chi connectivity index (χ4n) is 1.61. The molecular formula is C12H22N2S. The Bertz CT molecular complexity index is 259. The topological polar surface area (TPSA) is 24.9 Å². The standard InChI is InChI=1S/C12H22N2S/c1-5-9(3)10(4)14-11(6-2)12-13-7-8-15-12/h7-11,14H,5-6H2,1-4H3. The molecule has 0 spiro atoms. The molecule has 2 nitrogen and oxygen atoms in total. The monoisotopic (exact) mass is 226 g/mol. The number of nitrogens with one attached hydrogen (secondary N) is 1. The van der Waals surface area contributed by atoms with Crippen LogP contribution in [0.3, 0.4) is 0 Å². The number of hydrogen-bond acceptors (Lipinski definition) is 3. The molecule has 1 N–H and O–H groups in total. The normalized spacial score (nSPS) is 17.3. The van der Waals surface area contributed by atoms with Gasteiger partial charge < -0.3 is 5.32 Å². The molecule has 1 rings (SSSR count). The van der Waals surface area contributed by atoms with E-state index in [1.165, 1.54) is 11.4 Å². The van der Waals surface area contributed by atoms with Gasteiger partial charge >= 0.3 is 0 Å². The molecule has 1 aromatic heterocycles. The fourth-order valence-corrected chi connectivity index (χ4v) is 2.39. The van der Waals surface area contributed by atoms with Crippen LogP contribution in [-0.2, 0) is 0 Å². The zero-order valence-corrected chi connectivity index (χ0v) is 11.0. The van der Waals surface area contributed by atoms with Crippen LogP contribution in [0.5, 0.6) is 0 Å². The van der Waals surface area contributed by atoms with Crippen molar-refractivity contribution in [2.45, 2.75) is 52.6 Å². The van der Waals surface area contributed by atoms with Gasteiger partial charge in [0.25, 0.3) is 0 Å². The molecule has 0 bridgehead atoms. The van der Waals surface area contributed by atoms with E-state index in [9.17, 15) is 0 Å². The summed E-state index contributed by atoms with van der Waals surface area (Å²) in [6.07, 6.45) is 4.22. The van der Waals surface area contributed by atoms with Gasteiger partial charge in [-0.1, -0.05) is 27.2 Å². The van der Waals surface area contributed by atoms with E-state index >= 15 is 0 Å². The molecule has 0 saturated carbocycles. The summed E-state index contributed by atoms with van der Waals surface area (Å²) in [7, 11) is 0. The molecule has 0 aliphatic heterocycles. The van der Waals surface area contributed by atoms with Crippen LogP contribution in [0.1, 0.15) is 51.6 Å². The zero-order chi connectivity index (χ0) is 11.3. The molecule has 0 radical (unpaired) electrons. The number of hydrogen-bond donors (Lipinski definition) is 1. The molecule has 3 heteroatoms. The van der Waals surface area contributed by atoms with E-state index in [1.54, 1.807) is 11.3 Å². The minimum Gasteiger partial charge on any atom is -0.305 e. The summed E-state index contributed by atoms with van der Waals surface area (Å²) < 4.78 is 0. The summed E-state index contributed by atoms with van der Waals surface area (Å²) in [6, 6.07) is 0.984. The zero-order valence-electron chi connectivity index (χ0n) is 10.2. The summed E-state index contributed by atoms with van der Waals surface area (Å²) in [6.45, 7) is 9.02. The van der Waals surface area contributed by atoms with Gasteiger partial charge in [-0.05, 0) is 19.3 Å². The first-order chi connectivity index (χ1) is 7.19. The second-order valence-corrected chi connectivity index (χ2v) is 5.10. The number of aromatic nitrogens is 1. The van der Waals surface area contributed by atoms with Crippen LogP contribution < -0.4 is 5.32 Å². The van der Waals surface area contributed by atoms with Gasteiger partial charge in [0.05, 0.1) is 6.04 Å². The lowest BCUT2D eigenvalue weighted by atomic mass is 10.00. The Kier molecular flexibility index (Phi) is 5.26. The first-order valence-corrected chi connectivity index (χ1v) is 6.72. The summed E-state index contributed by atoms with van der Waals surface area (Å²) in [5.74, 6) is 0.721. The largest absolute Gasteiger partial charge is 0.305 e. The molecule has 0 aliphatic rings.